The van der Waals surface area contributed by atoms with Gasteiger partial charge in [0.05, 0.1) is 6.61 Å². The van der Waals surface area contributed by atoms with Crippen LogP contribution in [0, 0.1) is 20.8 Å². The Bertz CT molecular complexity index is 1230. The van der Waals surface area contributed by atoms with Crippen LogP contribution in [0.4, 0.5) is 0 Å². The number of aliphatic hydroxyl groups is 1. The fourth-order valence-corrected chi connectivity index (χ4v) is 5.35. The topological polar surface area (TPSA) is 49.8 Å². The van der Waals surface area contributed by atoms with E-state index in [1.807, 2.05) is 39.0 Å². The van der Waals surface area contributed by atoms with Crippen LogP contribution in [0.15, 0.2) is 47.2 Å². The monoisotopic (exact) mass is 557 g/mol. The number of ether oxygens (including phenoxy) is 1. The van der Waals surface area contributed by atoms with Crippen LogP contribution in [0.3, 0.4) is 0 Å². The van der Waals surface area contributed by atoms with Crippen LogP contribution < -0.4 is 4.74 Å². The van der Waals surface area contributed by atoms with E-state index in [0.717, 1.165) is 87.5 Å². The highest BCUT2D eigenvalue weighted by molar-refractivity contribution is 6.33. The van der Waals surface area contributed by atoms with Crippen molar-refractivity contribution in [2.75, 3.05) is 27.3 Å². The highest BCUT2D eigenvalue weighted by Gasteiger charge is 2.22. The number of nitrogens with zero attached hydrogens (tertiary/aromatic N) is 1. The van der Waals surface area contributed by atoms with E-state index >= 15 is 0 Å². The minimum atomic E-state index is 0.552. The van der Waals surface area contributed by atoms with Gasteiger partial charge in [-0.1, -0.05) is 42.3 Å². The summed E-state index contributed by atoms with van der Waals surface area (Å²) in [7, 11) is 3.10. The van der Waals surface area contributed by atoms with Crippen molar-refractivity contribution in [3.63, 3.8) is 0 Å². The molecule has 38 heavy (non-hydrogen) atoms. The molecule has 0 spiro atoms. The predicted molar refractivity (Wildman–Crippen MR) is 162 cm³/mol. The molecule has 4 nitrogen and oxygen atoms in total. The second-order valence-electron chi connectivity index (χ2n) is 9.62. The molecule has 206 valence electrons. The van der Waals surface area contributed by atoms with E-state index in [1.165, 1.54) is 16.8 Å². The van der Waals surface area contributed by atoms with Gasteiger partial charge < -0.3 is 14.7 Å². The van der Waals surface area contributed by atoms with Gasteiger partial charge in [-0.25, -0.2) is 0 Å². The first-order chi connectivity index (χ1) is 18.1. The molecule has 0 fully saturated rings. The van der Waals surface area contributed by atoms with Crippen molar-refractivity contribution in [2.45, 2.75) is 60.8 Å². The number of hydrogen-bond donors (Lipinski definition) is 1. The molecule has 0 amide bonds. The average Bonchev–Trinajstić information content (AvgIpc) is 2.90. The number of likely N-dealkylation sites (N-methyl/N-ethyl adjacent to an activating group) is 1. The summed E-state index contributed by atoms with van der Waals surface area (Å²) in [4.78, 5) is 14.3. The molecule has 0 saturated carbocycles. The molecule has 0 unspecified atom stereocenters. The first-order valence-corrected chi connectivity index (χ1v) is 13.8. The van der Waals surface area contributed by atoms with Crippen LogP contribution in [0.5, 0.6) is 5.75 Å². The number of carbonyl (C=O) groups excluding carboxylic acids is 1. The molecule has 0 aromatic heterocycles. The van der Waals surface area contributed by atoms with Gasteiger partial charge in [0.1, 0.15) is 12.0 Å². The third-order valence-corrected chi connectivity index (χ3v) is 8.06. The van der Waals surface area contributed by atoms with E-state index in [-0.39, 0.29) is 0 Å². The normalized spacial score (nSPS) is 14.0. The summed E-state index contributed by atoms with van der Waals surface area (Å²) in [5.41, 5.74) is 10.7. The van der Waals surface area contributed by atoms with Gasteiger partial charge in [0.15, 0.2) is 0 Å². The zero-order valence-corrected chi connectivity index (χ0v) is 25.5. The number of halogens is 2. The molecule has 2 aromatic rings. The lowest BCUT2D eigenvalue weighted by Gasteiger charge is -2.29. The number of aliphatic hydroxyl groups excluding tert-OH is 1. The highest BCUT2D eigenvalue weighted by Crippen LogP contribution is 2.40. The van der Waals surface area contributed by atoms with Gasteiger partial charge in [0, 0.05) is 47.6 Å². The Morgan fingerprint density at radius 2 is 1.71 bits per heavy atom. The Labute approximate surface area is 238 Å². The SMILES string of the molecule is CC/C(C=O)=C(/CCCOc1cc(C)c(Cl)c(C)c1)c1ccc(Cl)c(C2=C(C)N(C)CC=C2C)c1C.CO. The minimum Gasteiger partial charge on any atom is -0.494 e. The second kappa shape index (κ2) is 14.6. The van der Waals surface area contributed by atoms with Crippen LogP contribution in [0.25, 0.3) is 11.1 Å². The number of carbonyl (C=O) groups is 1. The van der Waals surface area contributed by atoms with Gasteiger partial charge in [-0.15, -0.1) is 0 Å². The molecule has 0 bridgehead atoms. The molecule has 1 heterocycles. The number of aryl methyl sites for hydroxylation is 2. The van der Waals surface area contributed by atoms with Crippen LogP contribution in [0.2, 0.25) is 10.0 Å². The molecular weight excluding hydrogens is 517 g/mol. The summed E-state index contributed by atoms with van der Waals surface area (Å²) in [5.74, 6) is 0.821. The quantitative estimate of drug-likeness (QED) is 0.191. The molecular formula is C32H41Cl2NO3. The summed E-state index contributed by atoms with van der Waals surface area (Å²) in [6, 6.07) is 7.97. The van der Waals surface area contributed by atoms with E-state index in [9.17, 15) is 4.79 Å². The van der Waals surface area contributed by atoms with E-state index in [4.69, 9.17) is 33.0 Å². The Morgan fingerprint density at radius 3 is 2.29 bits per heavy atom. The van der Waals surface area contributed by atoms with Crippen molar-refractivity contribution in [3.8, 4) is 5.75 Å². The summed E-state index contributed by atoms with van der Waals surface area (Å²) in [6.45, 7) is 13.8. The third-order valence-electron chi connectivity index (χ3n) is 7.15. The second-order valence-corrected chi connectivity index (χ2v) is 10.4. The summed E-state index contributed by atoms with van der Waals surface area (Å²) in [6.07, 6.45) is 5.44. The highest BCUT2D eigenvalue weighted by atomic mass is 35.5. The number of benzene rings is 2. The largest absolute Gasteiger partial charge is 0.494 e. The smallest absolute Gasteiger partial charge is 0.146 e. The van der Waals surface area contributed by atoms with Crippen LogP contribution in [0.1, 0.15) is 67.9 Å². The summed E-state index contributed by atoms with van der Waals surface area (Å²) >= 11 is 13.1. The molecule has 0 saturated heterocycles. The van der Waals surface area contributed by atoms with Crippen molar-refractivity contribution in [2.24, 2.45) is 0 Å². The summed E-state index contributed by atoms with van der Waals surface area (Å²) < 4.78 is 6.05. The maximum Gasteiger partial charge on any atom is 0.146 e. The van der Waals surface area contributed by atoms with Gasteiger partial charge in [-0.2, -0.15) is 0 Å². The Morgan fingerprint density at radius 1 is 1.08 bits per heavy atom. The maximum atomic E-state index is 12.1. The fraction of sp³-hybridized carbons (Fsp3) is 0.406. The van der Waals surface area contributed by atoms with E-state index in [0.29, 0.717) is 13.0 Å². The molecule has 1 aliphatic rings. The molecule has 3 rings (SSSR count). The number of hydrogen-bond acceptors (Lipinski definition) is 4. The van der Waals surface area contributed by atoms with E-state index in [2.05, 4.69) is 44.9 Å². The van der Waals surface area contributed by atoms with Gasteiger partial charge in [0.25, 0.3) is 0 Å². The van der Waals surface area contributed by atoms with E-state index in [1.54, 1.807) is 0 Å². The molecule has 0 radical (unpaired) electrons. The first kappa shape index (κ1) is 31.7. The lowest BCUT2D eigenvalue weighted by Crippen LogP contribution is -2.21. The Hall–Kier alpha value is -2.53. The molecule has 2 aromatic carbocycles. The molecule has 0 atom stereocenters. The maximum absolute atomic E-state index is 12.1. The van der Waals surface area contributed by atoms with Gasteiger partial charge in [-0.3, -0.25) is 4.79 Å². The average molecular weight is 559 g/mol. The lowest BCUT2D eigenvalue weighted by atomic mass is 9.85. The molecule has 1 aliphatic heterocycles. The van der Waals surface area contributed by atoms with Crippen molar-refractivity contribution >= 4 is 40.6 Å². The van der Waals surface area contributed by atoms with Crippen LogP contribution in [-0.4, -0.2) is 43.6 Å². The third kappa shape index (κ3) is 7.11. The van der Waals surface area contributed by atoms with Crippen molar-refractivity contribution in [1.29, 1.82) is 0 Å². The molecule has 6 heteroatoms. The number of aldehydes is 1. The van der Waals surface area contributed by atoms with Crippen molar-refractivity contribution < 1.29 is 14.6 Å². The Kier molecular flexibility index (Phi) is 12.2. The van der Waals surface area contributed by atoms with Crippen LogP contribution in [-0.2, 0) is 4.79 Å². The molecule has 0 aliphatic carbocycles. The standard InChI is InChI=1S/C31H37Cl2NO2.CH4O/c1-8-24(18-35)27(10-9-15-36-25-16-20(3)31(33)21(4)17-25)26-11-12-28(32)30(22(26)5)29-19(2)13-14-34(7)23(29)6;1-2/h11-13,16-18H,8-10,14-15H2,1-7H3;2H,1H3/b27-24+;. The predicted octanol–water partition coefficient (Wildman–Crippen LogP) is 8.37. The minimum absolute atomic E-state index is 0.552. The van der Waals surface area contributed by atoms with Gasteiger partial charge in [-0.05, 0) is 111 Å². The fourth-order valence-electron chi connectivity index (χ4n) is 4.94. The Balaban J connectivity index is 0.00000247. The van der Waals surface area contributed by atoms with Crippen molar-refractivity contribution in [3.05, 3.63) is 85.0 Å². The first-order valence-electron chi connectivity index (χ1n) is 13.0. The van der Waals surface area contributed by atoms with Gasteiger partial charge in [0.2, 0.25) is 0 Å². The van der Waals surface area contributed by atoms with Crippen molar-refractivity contribution in [1.82, 2.24) is 4.90 Å². The molecule has 1 N–H and O–H groups in total. The lowest BCUT2D eigenvalue weighted by molar-refractivity contribution is -0.105. The van der Waals surface area contributed by atoms with Gasteiger partial charge >= 0.3 is 0 Å². The number of allylic oxidation sites excluding steroid dienone is 5. The zero-order chi connectivity index (χ0) is 28.6. The zero-order valence-electron chi connectivity index (χ0n) is 24.0. The summed E-state index contributed by atoms with van der Waals surface area (Å²) in [5, 5.41) is 8.51. The van der Waals surface area contributed by atoms with Crippen LogP contribution >= 0.6 is 23.2 Å². The van der Waals surface area contributed by atoms with E-state index < -0.39 is 0 Å². The number of rotatable bonds is 9.